The number of nitrogens with two attached hydrogens (primary N) is 1. The van der Waals surface area contributed by atoms with Crippen LogP contribution in [-0.2, 0) is 20.9 Å². The molecule has 0 saturated carbocycles. The van der Waals surface area contributed by atoms with Crippen LogP contribution in [0.3, 0.4) is 0 Å². The van der Waals surface area contributed by atoms with Crippen molar-refractivity contribution in [1.29, 1.82) is 0 Å². The van der Waals surface area contributed by atoms with E-state index < -0.39 is 11.9 Å². The van der Waals surface area contributed by atoms with Crippen LogP contribution in [0.2, 0.25) is 0 Å². The van der Waals surface area contributed by atoms with Crippen LogP contribution in [0.15, 0.2) is 29.2 Å². The third kappa shape index (κ3) is 7.17. The van der Waals surface area contributed by atoms with Gasteiger partial charge in [-0.05, 0) is 25.0 Å². The third-order valence-electron chi connectivity index (χ3n) is 3.46. The molecule has 0 unspecified atom stereocenters. The highest BCUT2D eigenvalue weighted by atomic mass is 32.1. The molecule has 0 radical (unpaired) electrons. The van der Waals surface area contributed by atoms with Crippen LogP contribution in [0.5, 0.6) is 0 Å². The second-order valence-corrected chi connectivity index (χ2v) is 5.62. The summed E-state index contributed by atoms with van der Waals surface area (Å²) in [5, 5.41) is 0. The molecule has 0 spiro atoms. The fourth-order valence-corrected chi connectivity index (χ4v) is 2.49. The molecule has 2 N–H and O–H groups in total. The predicted octanol–water partition coefficient (Wildman–Crippen LogP) is 2.96. The molecular weight excluding hydrogens is 324 g/mol. The highest BCUT2D eigenvalue weighted by Gasteiger charge is 2.27. The van der Waals surface area contributed by atoms with Crippen molar-refractivity contribution in [1.82, 2.24) is 4.90 Å². The number of carbonyl (C=O) groups excluding carboxylic acids is 3. The maximum atomic E-state index is 12.3. The van der Waals surface area contributed by atoms with Gasteiger partial charge in [-0.2, -0.15) is 0 Å². The van der Waals surface area contributed by atoms with E-state index in [0.29, 0.717) is 0 Å². The number of benzene rings is 1. The monoisotopic (exact) mass is 352 g/mol. The molecule has 0 fully saturated rings. The number of thiol groups is 1. The van der Waals surface area contributed by atoms with Crippen molar-refractivity contribution in [2.45, 2.75) is 64.4 Å². The van der Waals surface area contributed by atoms with Gasteiger partial charge in [0.1, 0.15) is 0 Å². The topological polar surface area (TPSA) is 80.5 Å². The maximum absolute atomic E-state index is 12.3. The molecule has 0 aromatic heterocycles. The summed E-state index contributed by atoms with van der Waals surface area (Å²) in [6, 6.07) is 6.76. The van der Waals surface area contributed by atoms with Gasteiger partial charge < -0.3 is 10.6 Å². The first kappa shape index (κ1) is 22.2. The molecule has 1 aromatic rings. The Balaban J connectivity index is 0.00000254. The number of amides is 2. The van der Waals surface area contributed by atoms with Crippen molar-refractivity contribution >= 4 is 30.2 Å². The smallest absolute Gasteiger partial charge is 0.223 e. The molecule has 0 bridgehead atoms. The Kier molecular flexibility index (Phi) is 10.8. The lowest BCUT2D eigenvalue weighted by Crippen LogP contribution is -2.44. The number of rotatable bonds is 8. The van der Waals surface area contributed by atoms with Crippen molar-refractivity contribution in [2.24, 2.45) is 5.73 Å². The van der Waals surface area contributed by atoms with Crippen molar-refractivity contribution in [3.63, 3.8) is 0 Å². The summed E-state index contributed by atoms with van der Waals surface area (Å²) in [6.45, 7) is 7.46. The molecule has 0 heterocycles. The second kappa shape index (κ2) is 11.7. The highest BCUT2D eigenvalue weighted by Crippen LogP contribution is 2.19. The number of hydrogen-bond acceptors (Lipinski definition) is 4. The van der Waals surface area contributed by atoms with Gasteiger partial charge in [0.05, 0.1) is 6.04 Å². The van der Waals surface area contributed by atoms with Crippen LogP contribution in [-0.4, -0.2) is 28.5 Å². The first-order chi connectivity index (χ1) is 11.4. The summed E-state index contributed by atoms with van der Waals surface area (Å²) < 4.78 is 0. The maximum Gasteiger partial charge on any atom is 0.223 e. The molecule has 134 valence electrons. The molecular formula is C18H28N2O3S. The van der Waals surface area contributed by atoms with Crippen molar-refractivity contribution in [3.05, 3.63) is 29.8 Å². The summed E-state index contributed by atoms with van der Waals surface area (Å²) in [6.07, 6.45) is 0.598. The molecule has 1 atom stereocenters. The van der Waals surface area contributed by atoms with Gasteiger partial charge >= 0.3 is 0 Å². The fourth-order valence-electron chi connectivity index (χ4n) is 2.26. The van der Waals surface area contributed by atoms with E-state index in [1.54, 1.807) is 6.92 Å². The molecule has 1 rings (SSSR count). The SMILES string of the molecule is CC.CCC(=O)N(Cc1ccccc1S)[C@@H](CCC(N)=O)C(C)=O. The summed E-state index contributed by atoms with van der Waals surface area (Å²) in [4.78, 5) is 37.4. The minimum Gasteiger partial charge on any atom is -0.370 e. The minimum atomic E-state index is -0.645. The summed E-state index contributed by atoms with van der Waals surface area (Å²) in [5.74, 6) is -0.773. The molecule has 6 heteroatoms. The van der Waals surface area contributed by atoms with Gasteiger partial charge in [-0.1, -0.05) is 39.0 Å². The zero-order valence-electron chi connectivity index (χ0n) is 14.9. The van der Waals surface area contributed by atoms with Gasteiger partial charge in [-0.15, -0.1) is 12.6 Å². The van der Waals surface area contributed by atoms with Gasteiger partial charge in [-0.3, -0.25) is 14.4 Å². The fraction of sp³-hybridized carbons (Fsp3) is 0.500. The van der Waals surface area contributed by atoms with Crippen LogP contribution in [0.1, 0.15) is 52.5 Å². The summed E-state index contributed by atoms with van der Waals surface area (Å²) >= 11 is 4.38. The summed E-state index contributed by atoms with van der Waals surface area (Å²) in [5.41, 5.74) is 6.02. The third-order valence-corrected chi connectivity index (χ3v) is 3.90. The highest BCUT2D eigenvalue weighted by molar-refractivity contribution is 7.80. The van der Waals surface area contributed by atoms with Crippen LogP contribution < -0.4 is 5.73 Å². The average Bonchev–Trinajstić information content (AvgIpc) is 2.56. The van der Waals surface area contributed by atoms with E-state index in [2.05, 4.69) is 12.6 Å². The standard InChI is InChI=1S/C16H22N2O3S.C2H6/c1-3-16(21)18(10-12-6-4-5-7-14(12)22)13(11(2)19)8-9-15(17)20;1-2/h4-7,13,22H,3,8-10H2,1-2H3,(H2,17,20);1-2H3/t13-;/m0./s1. The van der Waals surface area contributed by atoms with E-state index in [9.17, 15) is 14.4 Å². The first-order valence-electron chi connectivity index (χ1n) is 8.21. The number of hydrogen-bond donors (Lipinski definition) is 2. The Morgan fingerprint density at radius 1 is 1.21 bits per heavy atom. The van der Waals surface area contributed by atoms with Gasteiger partial charge in [0, 0.05) is 24.3 Å². The van der Waals surface area contributed by atoms with Crippen molar-refractivity contribution < 1.29 is 14.4 Å². The molecule has 0 saturated heterocycles. The van der Waals surface area contributed by atoms with E-state index >= 15 is 0 Å². The quantitative estimate of drug-likeness (QED) is 0.706. The Labute approximate surface area is 150 Å². The Hall–Kier alpha value is -1.82. The van der Waals surface area contributed by atoms with Gasteiger partial charge in [0.15, 0.2) is 5.78 Å². The molecule has 2 amide bonds. The average molecular weight is 353 g/mol. The van der Waals surface area contributed by atoms with Gasteiger partial charge in [0.2, 0.25) is 11.8 Å². The number of carbonyl (C=O) groups is 3. The molecule has 0 aliphatic rings. The van der Waals surface area contributed by atoms with Crippen LogP contribution in [0.4, 0.5) is 0 Å². The normalized spacial score (nSPS) is 11.0. The predicted molar refractivity (Wildman–Crippen MR) is 98.8 cm³/mol. The largest absolute Gasteiger partial charge is 0.370 e. The lowest BCUT2D eigenvalue weighted by atomic mass is 10.0. The van der Waals surface area contributed by atoms with E-state index in [-0.39, 0.29) is 37.5 Å². The van der Waals surface area contributed by atoms with Gasteiger partial charge in [0.25, 0.3) is 0 Å². The molecule has 24 heavy (non-hydrogen) atoms. The summed E-state index contributed by atoms with van der Waals surface area (Å²) in [7, 11) is 0. The Morgan fingerprint density at radius 2 is 1.79 bits per heavy atom. The van der Waals surface area contributed by atoms with Gasteiger partial charge in [-0.25, -0.2) is 0 Å². The van der Waals surface area contributed by atoms with E-state index in [0.717, 1.165) is 10.5 Å². The number of ketones is 1. The Morgan fingerprint density at radius 3 is 2.25 bits per heavy atom. The lowest BCUT2D eigenvalue weighted by Gasteiger charge is -2.30. The molecule has 0 aliphatic heterocycles. The number of nitrogens with zero attached hydrogens (tertiary/aromatic N) is 1. The lowest BCUT2D eigenvalue weighted by molar-refractivity contribution is -0.140. The van der Waals surface area contributed by atoms with Crippen LogP contribution in [0.25, 0.3) is 0 Å². The van der Waals surface area contributed by atoms with Crippen molar-refractivity contribution in [2.75, 3.05) is 0 Å². The zero-order valence-corrected chi connectivity index (χ0v) is 15.8. The van der Waals surface area contributed by atoms with Crippen LogP contribution >= 0.6 is 12.6 Å². The Bertz CT molecular complexity index is 561. The minimum absolute atomic E-state index is 0.0697. The molecule has 1 aromatic carbocycles. The zero-order chi connectivity index (χ0) is 18.7. The van der Waals surface area contributed by atoms with E-state index in [4.69, 9.17) is 5.73 Å². The van der Waals surface area contributed by atoms with E-state index in [1.165, 1.54) is 11.8 Å². The van der Waals surface area contributed by atoms with Crippen LogP contribution in [0, 0.1) is 0 Å². The molecule has 5 nitrogen and oxygen atoms in total. The first-order valence-corrected chi connectivity index (χ1v) is 8.66. The second-order valence-electron chi connectivity index (χ2n) is 5.14. The number of Topliss-reactive ketones (excluding diaryl/α,β-unsaturated/α-hetero) is 1. The van der Waals surface area contributed by atoms with E-state index in [1.807, 2.05) is 38.1 Å². The molecule has 0 aliphatic carbocycles. The van der Waals surface area contributed by atoms with Crippen molar-refractivity contribution in [3.8, 4) is 0 Å². The number of primary amides is 1.